The molecule has 1 aliphatic carbocycles. The first-order valence-corrected chi connectivity index (χ1v) is 13.9. The van der Waals surface area contributed by atoms with Gasteiger partial charge in [0.25, 0.3) is 0 Å². The van der Waals surface area contributed by atoms with Crippen molar-refractivity contribution in [3.63, 3.8) is 0 Å². The Morgan fingerprint density at radius 2 is 1.87 bits per heavy atom. The number of ether oxygens (including phenoxy) is 1. The number of likely N-dealkylation sites (tertiary alicyclic amines) is 1. The fourth-order valence-electron chi connectivity index (χ4n) is 5.84. The number of halogens is 2. The lowest BCUT2D eigenvalue weighted by Crippen LogP contribution is -2.52. The van der Waals surface area contributed by atoms with E-state index in [0.29, 0.717) is 40.7 Å². The molecule has 0 aromatic heterocycles. The first-order chi connectivity index (χ1) is 18.8. The number of esters is 1. The van der Waals surface area contributed by atoms with Gasteiger partial charge in [0.15, 0.2) is 0 Å². The van der Waals surface area contributed by atoms with E-state index in [0.717, 1.165) is 16.3 Å². The van der Waals surface area contributed by atoms with Crippen molar-refractivity contribution in [1.82, 2.24) is 10.2 Å². The van der Waals surface area contributed by atoms with Crippen LogP contribution in [0.1, 0.15) is 43.7 Å². The Morgan fingerprint density at radius 3 is 2.67 bits per heavy atom. The summed E-state index contributed by atoms with van der Waals surface area (Å²) in [6, 6.07) is 19.1. The van der Waals surface area contributed by atoms with Crippen LogP contribution in [0, 0.1) is 11.3 Å². The molecule has 8 heteroatoms. The van der Waals surface area contributed by atoms with Gasteiger partial charge in [-0.1, -0.05) is 77.8 Å². The predicted octanol–water partition coefficient (Wildman–Crippen LogP) is 6.43. The quantitative estimate of drug-likeness (QED) is 0.320. The summed E-state index contributed by atoms with van der Waals surface area (Å²) < 4.78 is 5.50. The summed E-state index contributed by atoms with van der Waals surface area (Å²) in [6.45, 7) is 2.53. The molecule has 39 heavy (non-hydrogen) atoms. The molecule has 1 N–H and O–H groups in total. The molecule has 202 valence electrons. The smallest absolute Gasteiger partial charge is 0.318 e. The molecule has 2 atom stereocenters. The first-order valence-electron chi connectivity index (χ1n) is 13.2. The standard InChI is InChI=1S/C31H30Cl2N2O4/c1-2-39-30(38)31-14-6-11-27(31)35(19-22-12-13-24(32)16-26(22)33)29(37)23(17-31)15-28(36)34-18-21-9-5-8-20-7-3-4-10-25(20)21/h3-5,7-13,16,23H,2,6,14-15,17-19H2,1H3,(H,34,36)/t23-,31+/m1/s1. The van der Waals surface area contributed by atoms with Gasteiger partial charge in [0.2, 0.25) is 11.8 Å². The molecule has 6 nitrogen and oxygen atoms in total. The summed E-state index contributed by atoms with van der Waals surface area (Å²) in [6.07, 6.45) is 3.33. The molecule has 1 heterocycles. The normalized spacial score (nSPS) is 20.5. The van der Waals surface area contributed by atoms with E-state index in [-0.39, 0.29) is 43.8 Å². The highest BCUT2D eigenvalue weighted by molar-refractivity contribution is 6.35. The highest BCUT2D eigenvalue weighted by Gasteiger charge is 2.55. The van der Waals surface area contributed by atoms with Crippen LogP contribution in [0.5, 0.6) is 0 Å². The summed E-state index contributed by atoms with van der Waals surface area (Å²) >= 11 is 12.5. The SMILES string of the molecule is CCOC(=O)[C@]12CCC=C1N(Cc1ccc(Cl)cc1Cl)C(=O)[C@H](CC(=O)NCc1cccc3ccccc13)C2. The number of carbonyl (C=O) groups is 3. The molecule has 2 amide bonds. The maximum atomic E-state index is 13.8. The van der Waals surface area contributed by atoms with Gasteiger partial charge in [-0.3, -0.25) is 14.4 Å². The molecular formula is C31H30Cl2N2O4. The Balaban J connectivity index is 1.38. The highest BCUT2D eigenvalue weighted by atomic mass is 35.5. The van der Waals surface area contributed by atoms with Gasteiger partial charge < -0.3 is 15.0 Å². The lowest BCUT2D eigenvalue weighted by Gasteiger charge is -2.44. The van der Waals surface area contributed by atoms with Gasteiger partial charge in [-0.05, 0) is 60.2 Å². The Kier molecular flexibility index (Phi) is 7.96. The number of hydrogen-bond donors (Lipinski definition) is 1. The zero-order chi connectivity index (χ0) is 27.6. The van der Waals surface area contributed by atoms with Crippen LogP contribution in [-0.2, 0) is 32.2 Å². The molecule has 0 saturated carbocycles. The number of benzene rings is 3. The van der Waals surface area contributed by atoms with Crippen molar-refractivity contribution in [3.05, 3.63) is 93.6 Å². The molecule has 5 rings (SSSR count). The average Bonchev–Trinajstić information content (AvgIpc) is 3.36. The molecule has 0 unspecified atom stereocenters. The number of hydrogen-bond acceptors (Lipinski definition) is 4. The fourth-order valence-corrected chi connectivity index (χ4v) is 6.31. The van der Waals surface area contributed by atoms with Gasteiger partial charge in [-0.15, -0.1) is 0 Å². The second-order valence-corrected chi connectivity index (χ2v) is 11.0. The minimum Gasteiger partial charge on any atom is -0.465 e. The van der Waals surface area contributed by atoms with Crippen LogP contribution in [0.2, 0.25) is 10.0 Å². The highest BCUT2D eigenvalue weighted by Crippen LogP contribution is 2.51. The second kappa shape index (κ2) is 11.4. The number of amides is 2. The number of fused-ring (bicyclic) bond motifs is 2. The van der Waals surface area contributed by atoms with E-state index in [9.17, 15) is 14.4 Å². The first kappa shape index (κ1) is 27.2. The van der Waals surface area contributed by atoms with Gasteiger partial charge in [0, 0.05) is 34.6 Å². The van der Waals surface area contributed by atoms with Gasteiger partial charge >= 0.3 is 5.97 Å². The largest absolute Gasteiger partial charge is 0.465 e. The van der Waals surface area contributed by atoms with Crippen molar-refractivity contribution in [2.75, 3.05) is 6.61 Å². The number of nitrogens with zero attached hydrogens (tertiary/aromatic N) is 1. The number of piperidine rings is 1. The minimum absolute atomic E-state index is 0.0249. The molecule has 3 aromatic carbocycles. The number of nitrogens with one attached hydrogen (secondary N) is 1. The Morgan fingerprint density at radius 1 is 1.08 bits per heavy atom. The molecule has 2 aliphatic rings. The van der Waals surface area contributed by atoms with Gasteiger partial charge in [0.1, 0.15) is 5.41 Å². The summed E-state index contributed by atoms with van der Waals surface area (Å²) in [5.74, 6) is -1.47. The molecule has 1 fully saturated rings. The summed E-state index contributed by atoms with van der Waals surface area (Å²) in [5.41, 5.74) is 1.38. The van der Waals surface area contributed by atoms with E-state index < -0.39 is 11.3 Å². The van der Waals surface area contributed by atoms with Crippen LogP contribution >= 0.6 is 23.2 Å². The van der Waals surface area contributed by atoms with Crippen molar-refractivity contribution in [2.45, 2.75) is 45.7 Å². The molecule has 0 spiro atoms. The molecule has 1 saturated heterocycles. The zero-order valence-electron chi connectivity index (χ0n) is 21.7. The Labute approximate surface area is 237 Å². The van der Waals surface area contributed by atoms with E-state index in [2.05, 4.69) is 5.32 Å². The molecule has 0 radical (unpaired) electrons. The fraction of sp³-hybridized carbons (Fsp3) is 0.323. The number of rotatable bonds is 8. The topological polar surface area (TPSA) is 75.7 Å². The van der Waals surface area contributed by atoms with Gasteiger partial charge in [-0.2, -0.15) is 0 Å². The Hall–Kier alpha value is -3.35. The number of allylic oxidation sites excluding steroid dienone is 1. The molecular weight excluding hydrogens is 535 g/mol. The van der Waals surface area contributed by atoms with Crippen molar-refractivity contribution in [1.29, 1.82) is 0 Å². The van der Waals surface area contributed by atoms with Crippen LogP contribution in [0.25, 0.3) is 10.8 Å². The van der Waals surface area contributed by atoms with E-state index in [1.165, 1.54) is 0 Å². The van der Waals surface area contributed by atoms with Crippen molar-refractivity contribution < 1.29 is 19.1 Å². The lowest BCUT2D eigenvalue weighted by molar-refractivity contribution is -0.161. The minimum atomic E-state index is -0.969. The lowest BCUT2D eigenvalue weighted by atomic mass is 9.71. The monoisotopic (exact) mass is 564 g/mol. The van der Waals surface area contributed by atoms with E-state index >= 15 is 0 Å². The summed E-state index contributed by atoms with van der Waals surface area (Å²) in [4.78, 5) is 42.0. The van der Waals surface area contributed by atoms with E-state index in [4.69, 9.17) is 27.9 Å². The summed E-state index contributed by atoms with van der Waals surface area (Å²) in [5, 5.41) is 6.09. The third kappa shape index (κ3) is 5.41. The average molecular weight is 565 g/mol. The summed E-state index contributed by atoms with van der Waals surface area (Å²) in [7, 11) is 0. The van der Waals surface area contributed by atoms with Crippen LogP contribution in [0.3, 0.4) is 0 Å². The van der Waals surface area contributed by atoms with Crippen molar-refractivity contribution >= 4 is 51.8 Å². The van der Waals surface area contributed by atoms with Crippen LogP contribution < -0.4 is 5.32 Å². The third-order valence-electron chi connectivity index (χ3n) is 7.70. The van der Waals surface area contributed by atoms with Crippen LogP contribution in [-0.4, -0.2) is 29.3 Å². The van der Waals surface area contributed by atoms with Crippen LogP contribution in [0.4, 0.5) is 0 Å². The number of carbonyl (C=O) groups excluding carboxylic acids is 3. The van der Waals surface area contributed by atoms with E-state index in [1.54, 1.807) is 30.0 Å². The van der Waals surface area contributed by atoms with Crippen LogP contribution in [0.15, 0.2) is 72.4 Å². The second-order valence-electron chi connectivity index (χ2n) is 10.1. The maximum Gasteiger partial charge on any atom is 0.318 e. The van der Waals surface area contributed by atoms with Crippen molar-refractivity contribution in [3.8, 4) is 0 Å². The predicted molar refractivity (Wildman–Crippen MR) is 152 cm³/mol. The molecule has 3 aromatic rings. The molecule has 0 bridgehead atoms. The maximum absolute atomic E-state index is 13.8. The third-order valence-corrected chi connectivity index (χ3v) is 8.28. The van der Waals surface area contributed by atoms with E-state index in [1.807, 2.05) is 48.5 Å². The van der Waals surface area contributed by atoms with Gasteiger partial charge in [-0.25, -0.2) is 0 Å². The molecule has 1 aliphatic heterocycles. The van der Waals surface area contributed by atoms with Gasteiger partial charge in [0.05, 0.1) is 13.2 Å². The Bertz CT molecular complexity index is 1460. The zero-order valence-corrected chi connectivity index (χ0v) is 23.2. The van der Waals surface area contributed by atoms with Crippen molar-refractivity contribution in [2.24, 2.45) is 11.3 Å².